The summed E-state index contributed by atoms with van der Waals surface area (Å²) in [6.07, 6.45) is 6.18. The summed E-state index contributed by atoms with van der Waals surface area (Å²) in [6, 6.07) is 3.94. The van der Waals surface area contributed by atoms with Crippen LogP contribution in [0.3, 0.4) is 0 Å². The fourth-order valence-corrected chi connectivity index (χ4v) is 2.09. The second kappa shape index (κ2) is 8.63. The Morgan fingerprint density at radius 2 is 1.91 bits per heavy atom. The van der Waals surface area contributed by atoms with Crippen molar-refractivity contribution in [1.29, 1.82) is 5.26 Å². The maximum atomic E-state index is 8.96. The van der Waals surface area contributed by atoms with Crippen LogP contribution in [0.25, 0.3) is 0 Å². The van der Waals surface area contributed by atoms with E-state index in [1.807, 2.05) is 19.1 Å². The smallest absolute Gasteiger partial charge is 0.182 e. The van der Waals surface area contributed by atoms with Crippen LogP contribution in [0.15, 0.2) is 18.5 Å². The van der Waals surface area contributed by atoms with E-state index < -0.39 is 0 Å². The first-order valence-corrected chi connectivity index (χ1v) is 7.76. The first-order valence-electron chi connectivity index (χ1n) is 7.76. The molecular formula is C16H21N7. The monoisotopic (exact) mass is 311 g/mol. The topological polar surface area (TPSA) is 99.4 Å². The van der Waals surface area contributed by atoms with Crippen LogP contribution in [-0.4, -0.2) is 33.0 Å². The Morgan fingerprint density at radius 3 is 2.70 bits per heavy atom. The molecule has 7 nitrogen and oxygen atoms in total. The van der Waals surface area contributed by atoms with Gasteiger partial charge in [-0.15, -0.1) is 0 Å². The lowest BCUT2D eigenvalue weighted by molar-refractivity contribution is 0.748. The molecular weight excluding hydrogens is 290 g/mol. The number of nitrogens with one attached hydrogen (secondary N) is 2. The molecule has 2 aromatic heterocycles. The van der Waals surface area contributed by atoms with Crippen molar-refractivity contribution in [2.75, 3.05) is 23.7 Å². The van der Waals surface area contributed by atoms with Crippen LogP contribution in [0.1, 0.15) is 37.0 Å². The third-order valence-corrected chi connectivity index (χ3v) is 3.18. The SMILES string of the molecule is CCCCc1nc(C)cc(NCCNc2nccnc2C#N)n1. The molecule has 0 aliphatic carbocycles. The molecule has 0 bridgehead atoms. The van der Waals surface area contributed by atoms with Crippen LogP contribution in [0.2, 0.25) is 0 Å². The number of nitriles is 1. The zero-order chi connectivity index (χ0) is 16.5. The molecule has 0 spiro atoms. The molecule has 23 heavy (non-hydrogen) atoms. The van der Waals surface area contributed by atoms with Gasteiger partial charge in [0.2, 0.25) is 0 Å². The van der Waals surface area contributed by atoms with E-state index in [9.17, 15) is 0 Å². The highest BCUT2D eigenvalue weighted by Gasteiger charge is 2.04. The third kappa shape index (κ3) is 5.18. The molecule has 0 unspecified atom stereocenters. The van der Waals surface area contributed by atoms with Gasteiger partial charge in [-0.05, 0) is 13.3 Å². The molecule has 2 rings (SSSR count). The van der Waals surface area contributed by atoms with Gasteiger partial charge >= 0.3 is 0 Å². The summed E-state index contributed by atoms with van der Waals surface area (Å²) in [5, 5.41) is 15.3. The fraction of sp³-hybridized carbons (Fsp3) is 0.438. The zero-order valence-electron chi connectivity index (χ0n) is 13.5. The van der Waals surface area contributed by atoms with Crippen molar-refractivity contribution in [1.82, 2.24) is 19.9 Å². The number of unbranched alkanes of at least 4 members (excludes halogenated alkanes) is 1. The van der Waals surface area contributed by atoms with E-state index >= 15 is 0 Å². The normalized spacial score (nSPS) is 10.1. The van der Waals surface area contributed by atoms with Crippen LogP contribution >= 0.6 is 0 Å². The van der Waals surface area contributed by atoms with Gasteiger partial charge in [-0.2, -0.15) is 5.26 Å². The number of hydrogen-bond donors (Lipinski definition) is 2. The summed E-state index contributed by atoms with van der Waals surface area (Å²) in [5.41, 5.74) is 1.26. The van der Waals surface area contributed by atoms with Gasteiger partial charge < -0.3 is 10.6 Å². The molecule has 0 radical (unpaired) electrons. The van der Waals surface area contributed by atoms with E-state index in [1.54, 1.807) is 6.20 Å². The minimum absolute atomic E-state index is 0.298. The van der Waals surface area contributed by atoms with Gasteiger partial charge in [0.05, 0.1) is 0 Å². The van der Waals surface area contributed by atoms with Crippen molar-refractivity contribution in [2.24, 2.45) is 0 Å². The quantitative estimate of drug-likeness (QED) is 0.722. The average molecular weight is 311 g/mol. The number of anilines is 2. The largest absolute Gasteiger partial charge is 0.368 e. The van der Waals surface area contributed by atoms with Gasteiger partial charge in [0.15, 0.2) is 11.5 Å². The Kier molecular flexibility index (Phi) is 6.24. The van der Waals surface area contributed by atoms with E-state index in [0.29, 0.717) is 24.6 Å². The fourth-order valence-electron chi connectivity index (χ4n) is 2.09. The van der Waals surface area contributed by atoms with Crippen molar-refractivity contribution < 1.29 is 0 Å². The molecule has 0 aromatic carbocycles. The molecule has 0 atom stereocenters. The summed E-state index contributed by atoms with van der Waals surface area (Å²) in [5.74, 6) is 2.20. The van der Waals surface area contributed by atoms with Crippen molar-refractivity contribution in [3.8, 4) is 6.07 Å². The number of rotatable bonds is 8. The van der Waals surface area contributed by atoms with E-state index in [1.165, 1.54) is 6.20 Å². The van der Waals surface area contributed by atoms with Crippen LogP contribution in [0, 0.1) is 18.3 Å². The number of nitrogens with zero attached hydrogens (tertiary/aromatic N) is 5. The molecule has 7 heteroatoms. The highest BCUT2D eigenvalue weighted by atomic mass is 15.1. The van der Waals surface area contributed by atoms with Crippen LogP contribution < -0.4 is 10.6 Å². The zero-order valence-corrected chi connectivity index (χ0v) is 13.5. The summed E-state index contributed by atoms with van der Waals surface area (Å²) in [6.45, 7) is 5.40. The highest BCUT2D eigenvalue weighted by molar-refractivity contribution is 5.46. The molecule has 2 heterocycles. The predicted octanol–water partition coefficient (Wildman–Crippen LogP) is 2.31. The predicted molar refractivity (Wildman–Crippen MR) is 89.1 cm³/mol. The van der Waals surface area contributed by atoms with Gasteiger partial charge in [0.1, 0.15) is 17.7 Å². The molecule has 0 saturated heterocycles. The Balaban J connectivity index is 1.86. The third-order valence-electron chi connectivity index (χ3n) is 3.18. The number of aryl methyl sites for hydroxylation is 2. The minimum Gasteiger partial charge on any atom is -0.368 e. The van der Waals surface area contributed by atoms with E-state index in [0.717, 1.165) is 36.6 Å². The number of hydrogen-bond acceptors (Lipinski definition) is 7. The van der Waals surface area contributed by atoms with E-state index in [2.05, 4.69) is 37.5 Å². The maximum Gasteiger partial charge on any atom is 0.182 e. The first-order chi connectivity index (χ1) is 11.2. The Hall–Kier alpha value is -2.75. The summed E-state index contributed by atoms with van der Waals surface area (Å²) < 4.78 is 0. The Bertz CT molecular complexity index is 678. The molecule has 0 aliphatic heterocycles. The lowest BCUT2D eigenvalue weighted by Crippen LogP contribution is -2.16. The van der Waals surface area contributed by atoms with Gasteiger partial charge in [0, 0.05) is 43.7 Å². The van der Waals surface area contributed by atoms with Gasteiger partial charge in [-0.3, -0.25) is 0 Å². The standard InChI is InChI=1S/C16H21N7/c1-3-4-5-14-22-12(2)10-15(23-14)19-7-9-21-16-13(11-17)18-6-8-20-16/h6,8,10H,3-5,7,9H2,1-2H3,(H,20,21)(H,19,22,23). The molecule has 0 amide bonds. The van der Waals surface area contributed by atoms with Crippen molar-refractivity contribution in [3.63, 3.8) is 0 Å². The highest BCUT2D eigenvalue weighted by Crippen LogP contribution is 2.09. The second-order valence-electron chi connectivity index (χ2n) is 5.13. The Morgan fingerprint density at radius 1 is 1.13 bits per heavy atom. The minimum atomic E-state index is 0.298. The van der Waals surface area contributed by atoms with Gasteiger partial charge in [0.25, 0.3) is 0 Å². The number of aromatic nitrogens is 4. The lowest BCUT2D eigenvalue weighted by atomic mass is 10.2. The van der Waals surface area contributed by atoms with Crippen LogP contribution in [0.4, 0.5) is 11.6 Å². The maximum absolute atomic E-state index is 8.96. The van der Waals surface area contributed by atoms with Crippen LogP contribution in [-0.2, 0) is 6.42 Å². The Labute approximate surface area is 136 Å². The van der Waals surface area contributed by atoms with Crippen molar-refractivity contribution >= 4 is 11.6 Å². The van der Waals surface area contributed by atoms with Crippen molar-refractivity contribution in [3.05, 3.63) is 35.7 Å². The average Bonchev–Trinajstić information content (AvgIpc) is 2.57. The molecule has 2 N–H and O–H groups in total. The summed E-state index contributed by atoms with van der Waals surface area (Å²) >= 11 is 0. The lowest BCUT2D eigenvalue weighted by Gasteiger charge is -2.10. The molecule has 0 fully saturated rings. The molecule has 2 aromatic rings. The van der Waals surface area contributed by atoms with E-state index in [4.69, 9.17) is 5.26 Å². The first kappa shape index (κ1) is 16.6. The molecule has 0 aliphatic rings. The second-order valence-corrected chi connectivity index (χ2v) is 5.13. The van der Waals surface area contributed by atoms with Gasteiger partial charge in [-0.1, -0.05) is 13.3 Å². The van der Waals surface area contributed by atoms with Crippen LogP contribution in [0.5, 0.6) is 0 Å². The van der Waals surface area contributed by atoms with Gasteiger partial charge in [-0.25, -0.2) is 19.9 Å². The molecule has 120 valence electrons. The molecule has 0 saturated carbocycles. The summed E-state index contributed by atoms with van der Waals surface area (Å²) in [4.78, 5) is 17.0. The summed E-state index contributed by atoms with van der Waals surface area (Å²) in [7, 11) is 0. The van der Waals surface area contributed by atoms with Crippen molar-refractivity contribution in [2.45, 2.75) is 33.1 Å². The van der Waals surface area contributed by atoms with E-state index in [-0.39, 0.29) is 0 Å².